The Morgan fingerprint density at radius 3 is 2.86 bits per heavy atom. The van der Waals surface area contributed by atoms with E-state index in [0.29, 0.717) is 21.6 Å². The maximum absolute atomic E-state index is 12.9. The number of H-pyrrole nitrogens is 1. The maximum atomic E-state index is 12.9. The lowest BCUT2D eigenvalue weighted by Crippen LogP contribution is -2.11. The largest absolute Gasteiger partial charge is 0.320 e. The molecular weight excluding hydrogens is 419 g/mol. The van der Waals surface area contributed by atoms with Crippen LogP contribution in [0.25, 0.3) is 0 Å². The highest BCUT2D eigenvalue weighted by Gasteiger charge is 2.14. The number of halogens is 1. The lowest BCUT2D eigenvalue weighted by Gasteiger charge is -2.01. The van der Waals surface area contributed by atoms with Crippen molar-refractivity contribution in [2.45, 2.75) is 17.3 Å². The van der Waals surface area contributed by atoms with E-state index in [0.717, 1.165) is 12.2 Å². The van der Waals surface area contributed by atoms with Crippen LogP contribution in [0, 0.1) is 5.82 Å². The molecule has 0 aliphatic carbocycles. The first-order valence-electron chi connectivity index (χ1n) is 8.11. The molecule has 0 aliphatic heterocycles. The van der Waals surface area contributed by atoms with Crippen LogP contribution < -0.4 is 5.32 Å². The van der Waals surface area contributed by atoms with Crippen molar-refractivity contribution in [1.82, 2.24) is 25.4 Å². The molecule has 2 N–H and O–H groups in total. The molecular formula is C17H13FN6OS3. The van der Waals surface area contributed by atoms with Gasteiger partial charge in [0.2, 0.25) is 10.2 Å². The Labute approximate surface area is 171 Å². The fraction of sp³-hybridized carbons (Fsp3) is 0.118. The van der Waals surface area contributed by atoms with Crippen LogP contribution in [0.5, 0.6) is 0 Å². The minimum absolute atomic E-state index is 0.244. The summed E-state index contributed by atoms with van der Waals surface area (Å²) >= 11 is 4.30. The Balaban J connectivity index is 1.31. The topological polar surface area (TPSA) is 96.5 Å². The van der Waals surface area contributed by atoms with Crippen molar-refractivity contribution in [3.8, 4) is 0 Å². The van der Waals surface area contributed by atoms with E-state index in [1.54, 1.807) is 11.3 Å². The van der Waals surface area contributed by atoms with Crippen molar-refractivity contribution in [2.24, 2.45) is 0 Å². The Morgan fingerprint density at radius 1 is 1.21 bits per heavy atom. The highest BCUT2D eigenvalue weighted by atomic mass is 32.2. The zero-order valence-corrected chi connectivity index (χ0v) is 16.7. The Kier molecular flexibility index (Phi) is 5.74. The lowest BCUT2D eigenvalue weighted by atomic mass is 10.3. The third-order valence-electron chi connectivity index (χ3n) is 3.52. The molecule has 3 aromatic heterocycles. The Bertz CT molecular complexity index is 1060. The molecule has 0 radical (unpaired) electrons. The number of rotatable bonds is 7. The molecule has 1 aromatic carbocycles. The predicted octanol–water partition coefficient (Wildman–Crippen LogP) is 3.99. The van der Waals surface area contributed by atoms with Crippen LogP contribution in [0.3, 0.4) is 0 Å². The average Bonchev–Trinajstić information content (AvgIpc) is 3.44. The van der Waals surface area contributed by atoms with Crippen molar-refractivity contribution >= 4 is 46.0 Å². The number of nitrogens with one attached hydrogen (secondary N) is 2. The number of thioether (sulfide) groups is 1. The minimum Gasteiger partial charge on any atom is -0.320 e. The maximum Gasteiger partial charge on any atom is 0.286 e. The molecule has 0 spiro atoms. The number of aromatic nitrogens is 5. The van der Waals surface area contributed by atoms with Crippen LogP contribution in [0.15, 0.2) is 46.9 Å². The molecule has 0 saturated heterocycles. The molecule has 0 atom stereocenters. The van der Waals surface area contributed by atoms with Gasteiger partial charge in [0, 0.05) is 17.0 Å². The summed E-state index contributed by atoms with van der Waals surface area (Å²) in [7, 11) is 0. The van der Waals surface area contributed by atoms with Gasteiger partial charge in [0.25, 0.3) is 5.91 Å². The number of hydrogen-bond acceptors (Lipinski definition) is 8. The van der Waals surface area contributed by atoms with Gasteiger partial charge in [0.1, 0.15) is 16.6 Å². The minimum atomic E-state index is -0.378. The number of nitrogens with zero attached hydrogens (tertiary/aromatic N) is 4. The van der Waals surface area contributed by atoms with Crippen molar-refractivity contribution in [2.75, 3.05) is 5.32 Å². The second-order valence-corrected chi connectivity index (χ2v) is 8.61. The average molecular weight is 433 g/mol. The van der Waals surface area contributed by atoms with E-state index in [-0.39, 0.29) is 16.7 Å². The predicted molar refractivity (Wildman–Crippen MR) is 107 cm³/mol. The number of anilines is 1. The summed E-state index contributed by atoms with van der Waals surface area (Å²) in [6, 6.07) is 9.60. The van der Waals surface area contributed by atoms with E-state index in [2.05, 4.69) is 36.8 Å². The van der Waals surface area contributed by atoms with Crippen LogP contribution in [-0.2, 0) is 12.2 Å². The van der Waals surface area contributed by atoms with Gasteiger partial charge in [-0.25, -0.2) is 9.37 Å². The quantitative estimate of drug-likeness (QED) is 0.429. The van der Waals surface area contributed by atoms with Gasteiger partial charge in [0.15, 0.2) is 0 Å². The molecule has 7 nitrogen and oxygen atoms in total. The molecule has 0 fully saturated rings. The number of amides is 1. The van der Waals surface area contributed by atoms with Crippen LogP contribution in [0.1, 0.15) is 25.5 Å². The summed E-state index contributed by atoms with van der Waals surface area (Å²) in [5.74, 6) is 0.578. The van der Waals surface area contributed by atoms with Gasteiger partial charge < -0.3 is 5.32 Å². The fourth-order valence-corrected chi connectivity index (χ4v) is 4.49. The van der Waals surface area contributed by atoms with E-state index < -0.39 is 0 Å². The molecule has 0 aliphatic rings. The highest BCUT2D eigenvalue weighted by molar-refractivity contribution is 7.98. The van der Waals surface area contributed by atoms with Crippen molar-refractivity contribution in [3.05, 3.63) is 68.3 Å². The first kappa shape index (κ1) is 18.7. The third kappa shape index (κ3) is 4.80. The SMILES string of the molecule is O=C(Nc1ccc(F)cc1)c1nnc(CSc2n[nH]c(Cc3cccs3)n2)s1. The van der Waals surface area contributed by atoms with Crippen molar-refractivity contribution in [1.29, 1.82) is 0 Å². The van der Waals surface area contributed by atoms with E-state index >= 15 is 0 Å². The summed E-state index contributed by atoms with van der Waals surface area (Å²) in [6.45, 7) is 0. The standard InChI is InChI=1S/C17H13FN6OS3/c18-10-3-5-11(6-4-10)19-15(25)16-23-22-14(28-16)9-27-17-20-13(21-24-17)8-12-2-1-7-26-12/h1-7H,8-9H2,(H,19,25)(H,20,21,24). The third-order valence-corrected chi connectivity index (χ3v) is 6.36. The molecule has 0 unspecified atom stereocenters. The van der Waals surface area contributed by atoms with Gasteiger partial charge >= 0.3 is 0 Å². The van der Waals surface area contributed by atoms with Gasteiger partial charge in [0.05, 0.1) is 5.75 Å². The van der Waals surface area contributed by atoms with E-state index in [4.69, 9.17) is 0 Å². The second-order valence-electron chi connectivity index (χ2n) is 5.57. The first-order chi connectivity index (χ1) is 13.7. The molecule has 0 bridgehead atoms. The number of carbonyl (C=O) groups is 1. The van der Waals surface area contributed by atoms with Gasteiger partial charge in [-0.3, -0.25) is 9.89 Å². The summed E-state index contributed by atoms with van der Waals surface area (Å²) in [4.78, 5) is 17.9. The smallest absolute Gasteiger partial charge is 0.286 e. The zero-order chi connectivity index (χ0) is 19.3. The number of aromatic amines is 1. The lowest BCUT2D eigenvalue weighted by molar-refractivity contribution is 0.102. The zero-order valence-electron chi connectivity index (χ0n) is 14.3. The van der Waals surface area contributed by atoms with Crippen LogP contribution in [-0.4, -0.2) is 31.3 Å². The van der Waals surface area contributed by atoms with Crippen molar-refractivity contribution < 1.29 is 9.18 Å². The second kappa shape index (κ2) is 8.59. The summed E-state index contributed by atoms with van der Waals surface area (Å²) in [5.41, 5.74) is 0.497. The molecule has 4 aromatic rings. The van der Waals surface area contributed by atoms with Crippen LogP contribution in [0.4, 0.5) is 10.1 Å². The molecule has 28 heavy (non-hydrogen) atoms. The van der Waals surface area contributed by atoms with Gasteiger partial charge in [-0.05, 0) is 35.7 Å². The summed E-state index contributed by atoms with van der Waals surface area (Å²) in [5, 5.41) is 21.3. The van der Waals surface area contributed by atoms with Crippen LogP contribution in [0.2, 0.25) is 0 Å². The number of thiophene rings is 1. The van der Waals surface area contributed by atoms with E-state index in [1.165, 1.54) is 52.2 Å². The molecule has 11 heteroatoms. The van der Waals surface area contributed by atoms with Gasteiger partial charge in [-0.15, -0.1) is 26.6 Å². The molecule has 0 saturated carbocycles. The van der Waals surface area contributed by atoms with Crippen LogP contribution >= 0.6 is 34.4 Å². The number of benzene rings is 1. The van der Waals surface area contributed by atoms with E-state index in [1.807, 2.05) is 11.4 Å². The number of carbonyl (C=O) groups excluding carboxylic acids is 1. The Hall–Kier alpha value is -2.63. The Morgan fingerprint density at radius 2 is 2.07 bits per heavy atom. The molecule has 4 rings (SSSR count). The van der Waals surface area contributed by atoms with Gasteiger partial charge in [-0.1, -0.05) is 29.2 Å². The summed E-state index contributed by atoms with van der Waals surface area (Å²) in [6.07, 6.45) is 0.720. The van der Waals surface area contributed by atoms with E-state index in [9.17, 15) is 9.18 Å². The summed E-state index contributed by atoms with van der Waals surface area (Å²) < 4.78 is 12.9. The van der Waals surface area contributed by atoms with Gasteiger partial charge in [-0.2, -0.15) is 0 Å². The monoisotopic (exact) mass is 432 g/mol. The molecule has 3 heterocycles. The fourth-order valence-electron chi connectivity index (χ4n) is 2.25. The highest BCUT2D eigenvalue weighted by Crippen LogP contribution is 2.23. The number of hydrogen-bond donors (Lipinski definition) is 2. The molecule has 142 valence electrons. The molecule has 1 amide bonds. The van der Waals surface area contributed by atoms with Crippen molar-refractivity contribution in [3.63, 3.8) is 0 Å². The first-order valence-corrected chi connectivity index (χ1v) is 10.8. The normalized spacial score (nSPS) is 10.9.